The SMILES string of the molecule is CC/C=C\C/C=C\C/C=C\C/C=C\C/C=C\C/C=C\C/C=C\CCCCCCCCCCCCCCCC(=O)OCC(COC(=O)CCCCCCC/C=C\CCCCCCC)OC(=O)CCCCCCC/C=C\C/C=C\CCCCC. The van der Waals surface area contributed by atoms with Crippen LogP contribution in [0.2, 0.25) is 0 Å². The number of rotatable bonds is 62. The third-order valence-electron chi connectivity index (χ3n) is 14.7. The highest BCUT2D eigenvalue weighted by molar-refractivity contribution is 5.71. The highest BCUT2D eigenvalue weighted by atomic mass is 16.6. The molecule has 468 valence electrons. The molecule has 1 atom stereocenters. The predicted octanol–water partition coefficient (Wildman–Crippen LogP) is 23.9. The van der Waals surface area contributed by atoms with Gasteiger partial charge >= 0.3 is 17.9 Å². The molecule has 0 N–H and O–H groups in total. The predicted molar refractivity (Wildman–Crippen MR) is 357 cm³/mol. The summed E-state index contributed by atoms with van der Waals surface area (Å²) in [5, 5.41) is 0. The average Bonchev–Trinajstić information content (AvgIpc) is 3.48. The molecule has 6 heteroatoms. The molecule has 0 saturated heterocycles. The maximum Gasteiger partial charge on any atom is 0.306 e. The van der Waals surface area contributed by atoms with Crippen molar-refractivity contribution in [2.75, 3.05) is 13.2 Å². The lowest BCUT2D eigenvalue weighted by Gasteiger charge is -2.18. The molecule has 0 aromatic heterocycles. The van der Waals surface area contributed by atoms with Gasteiger partial charge in [0, 0.05) is 19.3 Å². The van der Waals surface area contributed by atoms with Crippen molar-refractivity contribution >= 4 is 17.9 Å². The minimum absolute atomic E-state index is 0.0863. The van der Waals surface area contributed by atoms with E-state index in [1.54, 1.807) is 0 Å². The molecule has 0 aliphatic rings. The fraction of sp³-hybridized carbons (Fsp3) is 0.697. The standard InChI is InChI=1S/C76H128O6/c1-4-7-10-13-16-19-22-25-28-29-30-31-32-33-34-35-36-37-38-39-40-41-42-43-44-45-46-47-49-51-54-57-60-63-66-69-75(78)81-72-73(71-80-74(77)68-65-62-59-56-53-50-27-24-21-18-15-12-9-6-3)82-76(79)70-67-64-61-58-55-52-48-26-23-20-17-14-11-8-5-2/h7,10,16-17,19-20,24-28,30-31,33-34,36-37,39-40,48,73H,4-6,8-9,11-15,18,21-23,29,32,35,38,41-47,49-72H2,1-3H3/b10-7-,19-16-,20-17-,27-24-,28-25-,31-30-,34-33-,37-36-,40-39-,48-26-. The minimum Gasteiger partial charge on any atom is -0.462 e. The van der Waals surface area contributed by atoms with Crippen LogP contribution in [0.15, 0.2) is 122 Å². The molecule has 0 bridgehead atoms. The number of hydrogen-bond donors (Lipinski definition) is 0. The number of allylic oxidation sites excluding steroid dienone is 20. The van der Waals surface area contributed by atoms with E-state index in [2.05, 4.69) is 142 Å². The van der Waals surface area contributed by atoms with Crippen LogP contribution in [0.5, 0.6) is 0 Å². The Morgan fingerprint density at radius 3 is 0.780 bits per heavy atom. The highest BCUT2D eigenvalue weighted by Gasteiger charge is 2.19. The normalized spacial score (nSPS) is 12.9. The Kier molecular flexibility index (Phi) is 65.8. The summed E-state index contributed by atoms with van der Waals surface area (Å²) < 4.78 is 16.9. The lowest BCUT2D eigenvalue weighted by Crippen LogP contribution is -2.30. The summed E-state index contributed by atoms with van der Waals surface area (Å²) in [4.78, 5) is 38.3. The first kappa shape index (κ1) is 77.8. The van der Waals surface area contributed by atoms with Gasteiger partial charge in [-0.15, -0.1) is 0 Å². The van der Waals surface area contributed by atoms with E-state index in [4.69, 9.17) is 14.2 Å². The second-order valence-corrected chi connectivity index (χ2v) is 22.7. The number of ether oxygens (including phenoxy) is 3. The molecule has 0 heterocycles. The van der Waals surface area contributed by atoms with Crippen LogP contribution in [0.4, 0.5) is 0 Å². The molecule has 1 unspecified atom stereocenters. The molecular weight excluding hydrogens is 1010 g/mol. The second-order valence-electron chi connectivity index (χ2n) is 22.7. The molecule has 0 fully saturated rings. The first-order chi connectivity index (χ1) is 40.5. The van der Waals surface area contributed by atoms with E-state index in [0.29, 0.717) is 19.3 Å². The van der Waals surface area contributed by atoms with Gasteiger partial charge in [-0.1, -0.05) is 290 Å². The van der Waals surface area contributed by atoms with Gasteiger partial charge in [0.2, 0.25) is 0 Å². The summed E-state index contributed by atoms with van der Waals surface area (Å²) in [7, 11) is 0. The zero-order valence-electron chi connectivity index (χ0n) is 53.7. The van der Waals surface area contributed by atoms with Gasteiger partial charge in [-0.05, 0) is 135 Å². The van der Waals surface area contributed by atoms with Gasteiger partial charge in [0.1, 0.15) is 13.2 Å². The van der Waals surface area contributed by atoms with Crippen molar-refractivity contribution in [1.82, 2.24) is 0 Å². The summed E-state index contributed by atoms with van der Waals surface area (Å²) in [6.45, 7) is 6.49. The Bertz CT molecular complexity index is 1690. The van der Waals surface area contributed by atoms with E-state index in [-0.39, 0.29) is 31.1 Å². The van der Waals surface area contributed by atoms with Crippen molar-refractivity contribution in [3.8, 4) is 0 Å². The van der Waals surface area contributed by atoms with Gasteiger partial charge in [0.15, 0.2) is 6.10 Å². The topological polar surface area (TPSA) is 78.9 Å². The number of unbranched alkanes of at least 4 members (excludes halogenated alkanes) is 31. The van der Waals surface area contributed by atoms with Crippen LogP contribution in [-0.2, 0) is 28.6 Å². The Morgan fingerprint density at radius 1 is 0.256 bits per heavy atom. The van der Waals surface area contributed by atoms with E-state index in [1.165, 1.54) is 148 Å². The van der Waals surface area contributed by atoms with Crippen molar-refractivity contribution in [3.63, 3.8) is 0 Å². The molecule has 0 rings (SSSR count). The van der Waals surface area contributed by atoms with Crippen LogP contribution in [-0.4, -0.2) is 37.2 Å². The fourth-order valence-electron chi connectivity index (χ4n) is 9.51. The third-order valence-corrected chi connectivity index (χ3v) is 14.7. The molecule has 0 aliphatic heterocycles. The minimum atomic E-state index is -0.791. The Hall–Kier alpha value is -4.19. The molecule has 0 aromatic rings. The molecular formula is C76H128O6. The lowest BCUT2D eigenvalue weighted by molar-refractivity contribution is -0.167. The van der Waals surface area contributed by atoms with Crippen LogP contribution < -0.4 is 0 Å². The zero-order valence-corrected chi connectivity index (χ0v) is 53.7. The molecule has 0 amide bonds. The summed E-state index contributed by atoms with van der Waals surface area (Å²) in [6.07, 6.45) is 96.5. The lowest BCUT2D eigenvalue weighted by atomic mass is 10.0. The van der Waals surface area contributed by atoms with Gasteiger partial charge < -0.3 is 14.2 Å². The van der Waals surface area contributed by atoms with Crippen molar-refractivity contribution in [1.29, 1.82) is 0 Å². The van der Waals surface area contributed by atoms with Gasteiger partial charge in [-0.2, -0.15) is 0 Å². The average molecular weight is 1140 g/mol. The van der Waals surface area contributed by atoms with Crippen LogP contribution in [0.3, 0.4) is 0 Å². The van der Waals surface area contributed by atoms with Crippen molar-refractivity contribution < 1.29 is 28.6 Å². The molecule has 0 aromatic carbocycles. The van der Waals surface area contributed by atoms with Crippen molar-refractivity contribution in [2.24, 2.45) is 0 Å². The first-order valence-electron chi connectivity index (χ1n) is 34.5. The van der Waals surface area contributed by atoms with Gasteiger partial charge in [-0.3, -0.25) is 14.4 Å². The molecule has 0 spiro atoms. The van der Waals surface area contributed by atoms with Crippen molar-refractivity contribution in [2.45, 2.75) is 329 Å². The highest BCUT2D eigenvalue weighted by Crippen LogP contribution is 2.16. The quantitative estimate of drug-likeness (QED) is 0.0261. The van der Waals surface area contributed by atoms with Crippen LogP contribution in [0.1, 0.15) is 323 Å². The first-order valence-corrected chi connectivity index (χ1v) is 34.5. The largest absolute Gasteiger partial charge is 0.462 e. The second kappa shape index (κ2) is 69.3. The number of carbonyl (C=O) groups excluding carboxylic acids is 3. The summed E-state index contributed by atoms with van der Waals surface area (Å²) in [5.41, 5.74) is 0. The van der Waals surface area contributed by atoms with Gasteiger partial charge in [0.05, 0.1) is 0 Å². The number of hydrogen-bond acceptors (Lipinski definition) is 6. The summed E-state index contributed by atoms with van der Waals surface area (Å²) in [5.74, 6) is -0.901. The molecule has 82 heavy (non-hydrogen) atoms. The van der Waals surface area contributed by atoms with Gasteiger partial charge in [0.25, 0.3) is 0 Å². The van der Waals surface area contributed by atoms with E-state index < -0.39 is 6.10 Å². The number of esters is 3. The molecule has 0 saturated carbocycles. The van der Waals surface area contributed by atoms with E-state index in [0.717, 1.165) is 135 Å². The fourth-order valence-corrected chi connectivity index (χ4v) is 9.51. The maximum absolute atomic E-state index is 12.9. The smallest absolute Gasteiger partial charge is 0.306 e. The Morgan fingerprint density at radius 2 is 0.476 bits per heavy atom. The molecule has 0 radical (unpaired) electrons. The monoisotopic (exact) mass is 1140 g/mol. The van der Waals surface area contributed by atoms with Crippen LogP contribution in [0, 0.1) is 0 Å². The number of carbonyl (C=O) groups is 3. The van der Waals surface area contributed by atoms with Crippen LogP contribution in [0.25, 0.3) is 0 Å². The van der Waals surface area contributed by atoms with Crippen molar-refractivity contribution in [3.05, 3.63) is 122 Å². The molecule has 0 aliphatic carbocycles. The zero-order chi connectivity index (χ0) is 59.2. The van der Waals surface area contributed by atoms with E-state index in [1.807, 2.05) is 0 Å². The Labute approximate surface area is 507 Å². The van der Waals surface area contributed by atoms with Crippen LogP contribution >= 0.6 is 0 Å². The summed E-state index contributed by atoms with van der Waals surface area (Å²) >= 11 is 0. The maximum atomic E-state index is 12.9. The molecule has 6 nitrogen and oxygen atoms in total. The van der Waals surface area contributed by atoms with E-state index in [9.17, 15) is 14.4 Å². The Balaban J connectivity index is 4.21. The summed E-state index contributed by atoms with van der Waals surface area (Å²) in [6, 6.07) is 0. The van der Waals surface area contributed by atoms with E-state index >= 15 is 0 Å². The van der Waals surface area contributed by atoms with Gasteiger partial charge in [-0.25, -0.2) is 0 Å². The third kappa shape index (κ3) is 66.6.